The lowest BCUT2D eigenvalue weighted by atomic mass is 9.94. The Hall–Kier alpha value is -1.25. The minimum absolute atomic E-state index is 0.275. The van der Waals surface area contributed by atoms with E-state index in [1.54, 1.807) is 11.8 Å². The molecule has 106 valence electrons. The van der Waals surface area contributed by atoms with Crippen molar-refractivity contribution in [1.82, 2.24) is 5.32 Å². The molecule has 0 aliphatic heterocycles. The number of hydrogen-bond acceptors (Lipinski definition) is 2. The van der Waals surface area contributed by atoms with Gasteiger partial charge in [-0.25, -0.2) is 0 Å². The van der Waals surface area contributed by atoms with Gasteiger partial charge in [0.05, 0.1) is 6.04 Å². The van der Waals surface area contributed by atoms with Crippen LogP contribution in [-0.2, 0) is 0 Å². The molecule has 0 bridgehead atoms. The second-order valence-electron chi connectivity index (χ2n) is 5.12. The van der Waals surface area contributed by atoms with Crippen molar-refractivity contribution < 1.29 is 0 Å². The molecule has 2 heteroatoms. The fourth-order valence-electron chi connectivity index (χ4n) is 2.56. The number of benzene rings is 2. The van der Waals surface area contributed by atoms with Gasteiger partial charge in [0.15, 0.2) is 0 Å². The maximum absolute atomic E-state index is 3.61. The first-order chi connectivity index (χ1) is 9.65. The molecule has 0 aromatic heterocycles. The highest BCUT2D eigenvalue weighted by Crippen LogP contribution is 2.27. The fraction of sp³-hybridized carbons (Fsp3) is 0.333. The summed E-state index contributed by atoms with van der Waals surface area (Å²) >= 11 is 1.78. The molecule has 1 N–H and O–H groups in total. The molecule has 1 unspecified atom stereocenters. The van der Waals surface area contributed by atoms with Gasteiger partial charge >= 0.3 is 0 Å². The molecule has 0 saturated heterocycles. The van der Waals surface area contributed by atoms with E-state index >= 15 is 0 Å². The van der Waals surface area contributed by atoms with Gasteiger partial charge in [0.1, 0.15) is 0 Å². The second kappa shape index (κ2) is 6.96. The molecule has 1 atom stereocenters. The monoisotopic (exact) mass is 285 g/mol. The summed E-state index contributed by atoms with van der Waals surface area (Å²) in [6, 6.07) is 15.9. The zero-order valence-corrected chi connectivity index (χ0v) is 13.6. The normalized spacial score (nSPS) is 12.4. The maximum Gasteiger partial charge on any atom is 0.0579 e. The Kier molecular flexibility index (Phi) is 5.27. The number of nitrogens with one attached hydrogen (secondary N) is 1. The number of rotatable bonds is 5. The molecule has 20 heavy (non-hydrogen) atoms. The third-order valence-electron chi connectivity index (χ3n) is 3.59. The van der Waals surface area contributed by atoms with Crippen LogP contribution in [0.25, 0.3) is 0 Å². The molecule has 2 aromatic rings. The summed E-state index contributed by atoms with van der Waals surface area (Å²) in [5.41, 5.74) is 5.37. The van der Waals surface area contributed by atoms with Crippen LogP contribution in [-0.4, -0.2) is 12.8 Å². The number of hydrogen-bond donors (Lipinski definition) is 1. The third kappa shape index (κ3) is 3.44. The standard InChI is InChI=1S/C18H23NS/c1-5-19-18(15-7-9-16(20-4)10-8-15)17-11-6-13(2)12-14(17)3/h6-12,18-19H,5H2,1-4H3. The predicted octanol–water partition coefficient (Wildman–Crippen LogP) is 4.72. The SMILES string of the molecule is CCNC(c1ccc(SC)cc1)c1ccc(C)cc1C. The Morgan fingerprint density at radius 3 is 2.30 bits per heavy atom. The van der Waals surface area contributed by atoms with E-state index in [1.165, 1.54) is 27.1 Å². The summed E-state index contributed by atoms with van der Waals surface area (Å²) in [7, 11) is 0. The highest BCUT2D eigenvalue weighted by Gasteiger charge is 2.14. The molecule has 0 aliphatic rings. The summed E-state index contributed by atoms with van der Waals surface area (Å²) in [6.07, 6.45) is 2.11. The van der Waals surface area contributed by atoms with E-state index in [-0.39, 0.29) is 6.04 Å². The zero-order valence-electron chi connectivity index (χ0n) is 12.7. The Labute approximate surface area is 126 Å². The zero-order chi connectivity index (χ0) is 14.5. The van der Waals surface area contributed by atoms with E-state index in [9.17, 15) is 0 Å². The van der Waals surface area contributed by atoms with Crippen LogP contribution in [0.5, 0.6) is 0 Å². The lowest BCUT2D eigenvalue weighted by molar-refractivity contribution is 0.627. The van der Waals surface area contributed by atoms with Crippen LogP contribution in [0.2, 0.25) is 0 Å². The average Bonchev–Trinajstić information content (AvgIpc) is 2.46. The topological polar surface area (TPSA) is 12.0 Å². The van der Waals surface area contributed by atoms with Crippen molar-refractivity contribution >= 4 is 11.8 Å². The van der Waals surface area contributed by atoms with Crippen LogP contribution in [0.3, 0.4) is 0 Å². The van der Waals surface area contributed by atoms with Gasteiger partial charge in [0, 0.05) is 4.90 Å². The highest BCUT2D eigenvalue weighted by atomic mass is 32.2. The number of aryl methyl sites for hydroxylation is 2. The van der Waals surface area contributed by atoms with Crippen molar-refractivity contribution in [2.24, 2.45) is 0 Å². The molecule has 2 aromatic carbocycles. The van der Waals surface area contributed by atoms with Crippen LogP contribution in [0.15, 0.2) is 47.4 Å². The van der Waals surface area contributed by atoms with E-state index in [2.05, 4.69) is 74.8 Å². The van der Waals surface area contributed by atoms with E-state index in [4.69, 9.17) is 0 Å². The van der Waals surface area contributed by atoms with E-state index in [1.807, 2.05) is 0 Å². The quantitative estimate of drug-likeness (QED) is 0.797. The Morgan fingerprint density at radius 2 is 1.75 bits per heavy atom. The Morgan fingerprint density at radius 1 is 1.05 bits per heavy atom. The molecule has 2 rings (SSSR count). The van der Waals surface area contributed by atoms with Crippen molar-refractivity contribution in [1.29, 1.82) is 0 Å². The predicted molar refractivity (Wildman–Crippen MR) is 89.7 cm³/mol. The molecule has 0 aliphatic carbocycles. The molecule has 0 spiro atoms. The van der Waals surface area contributed by atoms with Gasteiger partial charge in [0.25, 0.3) is 0 Å². The molecule has 1 nitrogen and oxygen atoms in total. The molecular weight excluding hydrogens is 262 g/mol. The van der Waals surface area contributed by atoms with Gasteiger partial charge in [-0.15, -0.1) is 11.8 Å². The highest BCUT2D eigenvalue weighted by molar-refractivity contribution is 7.98. The van der Waals surface area contributed by atoms with Crippen molar-refractivity contribution in [2.45, 2.75) is 31.7 Å². The van der Waals surface area contributed by atoms with Gasteiger partial charge in [-0.3, -0.25) is 0 Å². The smallest absolute Gasteiger partial charge is 0.0579 e. The summed E-state index contributed by atoms with van der Waals surface area (Å²) < 4.78 is 0. The third-order valence-corrected chi connectivity index (χ3v) is 4.34. The van der Waals surface area contributed by atoms with Crippen molar-refractivity contribution in [3.63, 3.8) is 0 Å². The Balaban J connectivity index is 2.38. The molecule has 0 radical (unpaired) electrons. The van der Waals surface area contributed by atoms with Crippen LogP contribution in [0, 0.1) is 13.8 Å². The van der Waals surface area contributed by atoms with E-state index in [0.29, 0.717) is 0 Å². The minimum Gasteiger partial charge on any atom is -0.307 e. The second-order valence-corrected chi connectivity index (χ2v) is 6.00. The first-order valence-electron chi connectivity index (χ1n) is 7.10. The van der Waals surface area contributed by atoms with E-state index in [0.717, 1.165) is 6.54 Å². The Bertz CT molecular complexity index is 560. The number of thioether (sulfide) groups is 1. The largest absolute Gasteiger partial charge is 0.307 e. The lowest BCUT2D eigenvalue weighted by Crippen LogP contribution is -2.22. The van der Waals surface area contributed by atoms with Crippen molar-refractivity contribution in [3.8, 4) is 0 Å². The molecule has 0 fully saturated rings. The lowest BCUT2D eigenvalue weighted by Gasteiger charge is -2.21. The molecule has 0 saturated carbocycles. The van der Waals surface area contributed by atoms with E-state index < -0.39 is 0 Å². The van der Waals surface area contributed by atoms with Gasteiger partial charge < -0.3 is 5.32 Å². The maximum atomic E-state index is 3.61. The average molecular weight is 285 g/mol. The minimum atomic E-state index is 0.275. The van der Waals surface area contributed by atoms with Crippen LogP contribution in [0.1, 0.15) is 35.2 Å². The van der Waals surface area contributed by atoms with Crippen molar-refractivity contribution in [2.75, 3.05) is 12.8 Å². The fourth-order valence-corrected chi connectivity index (χ4v) is 2.97. The van der Waals surface area contributed by atoms with Crippen molar-refractivity contribution in [3.05, 3.63) is 64.7 Å². The molecule has 0 heterocycles. The van der Waals surface area contributed by atoms with Gasteiger partial charge in [-0.2, -0.15) is 0 Å². The van der Waals surface area contributed by atoms with Crippen LogP contribution in [0.4, 0.5) is 0 Å². The summed E-state index contributed by atoms with van der Waals surface area (Å²) in [6.45, 7) is 7.46. The molecular formula is C18H23NS. The van der Waals surface area contributed by atoms with Gasteiger partial charge in [0.2, 0.25) is 0 Å². The van der Waals surface area contributed by atoms with Crippen LogP contribution < -0.4 is 5.32 Å². The van der Waals surface area contributed by atoms with Gasteiger partial charge in [-0.05, 0) is 55.5 Å². The first-order valence-corrected chi connectivity index (χ1v) is 8.32. The van der Waals surface area contributed by atoms with Crippen LogP contribution >= 0.6 is 11.8 Å². The molecule has 0 amide bonds. The summed E-state index contributed by atoms with van der Waals surface area (Å²) in [5, 5.41) is 3.61. The summed E-state index contributed by atoms with van der Waals surface area (Å²) in [5.74, 6) is 0. The first kappa shape index (κ1) is 15.1. The summed E-state index contributed by atoms with van der Waals surface area (Å²) in [4.78, 5) is 1.31. The van der Waals surface area contributed by atoms with Gasteiger partial charge in [-0.1, -0.05) is 42.8 Å².